The zero-order valence-corrected chi connectivity index (χ0v) is 20.1. The molecular weight excluding hydrogens is 394 g/mol. The fourth-order valence-corrected chi connectivity index (χ4v) is 2.87. The molecule has 1 aliphatic rings. The van der Waals surface area contributed by atoms with Crippen LogP contribution in [-0.2, 0) is 9.47 Å². The first-order valence-electron chi connectivity index (χ1n) is 10.4. The molecule has 0 N–H and O–H groups in total. The van der Waals surface area contributed by atoms with Crippen molar-refractivity contribution in [1.82, 2.24) is 9.80 Å². The van der Waals surface area contributed by atoms with Gasteiger partial charge in [-0.15, -0.1) is 0 Å². The monoisotopic (exact) mass is 430 g/mol. The number of rotatable bonds is 7. The van der Waals surface area contributed by atoms with Crippen molar-refractivity contribution in [2.24, 2.45) is 4.99 Å². The summed E-state index contributed by atoms with van der Waals surface area (Å²) in [5, 5.41) is 9.89. The van der Waals surface area contributed by atoms with Gasteiger partial charge in [-0.05, 0) is 40.2 Å². The van der Waals surface area contributed by atoms with E-state index in [4.69, 9.17) is 9.47 Å². The minimum atomic E-state index is -0.537. The molecule has 0 saturated carbocycles. The lowest BCUT2D eigenvalue weighted by Gasteiger charge is -2.27. The maximum atomic E-state index is 12.4. The van der Waals surface area contributed by atoms with Crippen LogP contribution in [0.1, 0.15) is 41.0 Å². The number of ether oxygens (including phenoxy) is 2. The molecule has 0 saturated heterocycles. The first-order chi connectivity index (χ1) is 14.6. The molecule has 0 spiro atoms. The Kier molecular flexibility index (Phi) is 10.00. The predicted molar refractivity (Wildman–Crippen MR) is 123 cm³/mol. The Labute approximate surface area is 186 Å². The third kappa shape index (κ3) is 7.93. The Morgan fingerprint density at radius 1 is 1.39 bits per heavy atom. The molecule has 1 heterocycles. The van der Waals surface area contributed by atoms with Crippen LogP contribution in [0.2, 0.25) is 0 Å². The SMILES string of the molecule is C\C=C(N=CN(C)C)/C(C#N)=C(OC)\C(=C\CC)[N+]1=CCN(C(=O)OC(C)(C)C)CC1. The van der Waals surface area contributed by atoms with E-state index in [1.807, 2.05) is 65.6 Å². The first-order valence-corrected chi connectivity index (χ1v) is 10.4. The number of methoxy groups -OCH3 is 1. The molecule has 0 aromatic rings. The average molecular weight is 431 g/mol. The maximum Gasteiger partial charge on any atom is 0.411 e. The van der Waals surface area contributed by atoms with Crippen molar-refractivity contribution < 1.29 is 18.8 Å². The van der Waals surface area contributed by atoms with Gasteiger partial charge in [0.2, 0.25) is 11.5 Å². The third-order valence-corrected chi connectivity index (χ3v) is 4.22. The highest BCUT2D eigenvalue weighted by atomic mass is 16.6. The standard InChI is InChI=1S/C23H36N5O3/c1-9-11-20(21(30-8)18(16-24)19(10-2)25-17-26(6)7)27-12-14-28(15-13-27)22(29)31-23(3,4)5/h10-12,17H,9,13-15H2,1-8H3/q+1/b19-10+,20-11-,21-18+,25-17?. The van der Waals surface area contributed by atoms with Gasteiger partial charge in [0.1, 0.15) is 23.8 Å². The van der Waals surface area contributed by atoms with Crippen LogP contribution < -0.4 is 0 Å². The topological polar surface area (TPSA) is 81.2 Å². The fraction of sp³-hybridized carbons (Fsp3) is 0.565. The molecule has 0 aromatic heterocycles. The van der Waals surface area contributed by atoms with Crippen molar-refractivity contribution in [3.8, 4) is 6.07 Å². The second-order valence-corrected chi connectivity index (χ2v) is 8.20. The van der Waals surface area contributed by atoms with Gasteiger partial charge in [0.25, 0.3) is 0 Å². The van der Waals surface area contributed by atoms with Gasteiger partial charge >= 0.3 is 6.09 Å². The number of aliphatic imine (C=N–C) groups is 1. The van der Waals surface area contributed by atoms with Gasteiger partial charge in [0.15, 0.2) is 12.8 Å². The minimum absolute atomic E-state index is 0.334. The van der Waals surface area contributed by atoms with E-state index in [1.54, 1.807) is 29.3 Å². The quantitative estimate of drug-likeness (QED) is 0.154. The summed E-state index contributed by atoms with van der Waals surface area (Å²) in [6.07, 6.45) is 7.78. The lowest BCUT2D eigenvalue weighted by atomic mass is 10.1. The van der Waals surface area contributed by atoms with E-state index in [0.29, 0.717) is 36.7 Å². The molecule has 1 amide bonds. The molecule has 8 heteroatoms. The molecule has 0 aliphatic carbocycles. The number of hydrogen-bond acceptors (Lipinski definition) is 5. The summed E-state index contributed by atoms with van der Waals surface area (Å²) in [5.41, 5.74) is 1.13. The van der Waals surface area contributed by atoms with Crippen molar-refractivity contribution in [3.63, 3.8) is 0 Å². The number of nitrogens with zero attached hydrogens (tertiary/aromatic N) is 5. The Morgan fingerprint density at radius 3 is 2.48 bits per heavy atom. The van der Waals surface area contributed by atoms with Crippen LogP contribution in [0.4, 0.5) is 4.79 Å². The van der Waals surface area contributed by atoms with E-state index >= 15 is 0 Å². The van der Waals surface area contributed by atoms with Crippen molar-refractivity contribution in [3.05, 3.63) is 34.9 Å². The molecule has 0 bridgehead atoms. The summed E-state index contributed by atoms with van der Waals surface area (Å²) in [6, 6.07) is 2.25. The number of carbonyl (C=O) groups is 1. The van der Waals surface area contributed by atoms with Crippen LogP contribution in [0, 0.1) is 11.3 Å². The average Bonchev–Trinajstić information content (AvgIpc) is 2.71. The van der Waals surface area contributed by atoms with Crippen LogP contribution in [0.25, 0.3) is 0 Å². The molecule has 170 valence electrons. The first kappa shape index (κ1) is 26.0. The molecule has 8 nitrogen and oxygen atoms in total. The Morgan fingerprint density at radius 2 is 2.06 bits per heavy atom. The predicted octanol–water partition coefficient (Wildman–Crippen LogP) is 3.53. The number of nitriles is 1. The van der Waals surface area contributed by atoms with E-state index in [0.717, 1.165) is 12.1 Å². The second-order valence-electron chi connectivity index (χ2n) is 8.20. The van der Waals surface area contributed by atoms with Crippen LogP contribution in [0.5, 0.6) is 0 Å². The summed E-state index contributed by atoms with van der Waals surface area (Å²) < 4.78 is 13.2. The highest BCUT2D eigenvalue weighted by Gasteiger charge is 2.30. The number of hydrogen-bond donors (Lipinski definition) is 0. The van der Waals surface area contributed by atoms with E-state index in [9.17, 15) is 10.1 Å². The van der Waals surface area contributed by atoms with E-state index in [1.165, 1.54) is 0 Å². The molecule has 0 aromatic carbocycles. The van der Waals surface area contributed by atoms with Gasteiger partial charge in [-0.3, -0.25) is 4.90 Å². The minimum Gasteiger partial charge on any atom is -0.489 e. The molecule has 0 atom stereocenters. The fourth-order valence-electron chi connectivity index (χ4n) is 2.87. The van der Waals surface area contributed by atoms with Crippen LogP contribution in [-0.4, -0.2) is 79.5 Å². The van der Waals surface area contributed by atoms with Crippen molar-refractivity contribution in [1.29, 1.82) is 5.26 Å². The lowest BCUT2D eigenvalue weighted by Crippen LogP contribution is -2.45. The smallest absolute Gasteiger partial charge is 0.411 e. The van der Waals surface area contributed by atoms with Crippen LogP contribution >= 0.6 is 0 Å². The van der Waals surface area contributed by atoms with Crippen molar-refractivity contribution in [2.75, 3.05) is 40.8 Å². The van der Waals surface area contributed by atoms with Crippen molar-refractivity contribution >= 4 is 18.6 Å². The second kappa shape index (κ2) is 11.9. The molecule has 1 rings (SSSR count). The van der Waals surface area contributed by atoms with Crippen LogP contribution in [0.15, 0.2) is 39.9 Å². The Bertz CT molecular complexity index is 836. The van der Waals surface area contributed by atoms with Gasteiger partial charge in [0.05, 0.1) is 25.7 Å². The zero-order valence-electron chi connectivity index (χ0n) is 20.1. The van der Waals surface area contributed by atoms with E-state index < -0.39 is 5.60 Å². The Hall–Kier alpha value is -3.08. The molecular formula is C23H36N5O3+. The summed E-state index contributed by atoms with van der Waals surface area (Å²) in [6.45, 7) is 10.9. The highest BCUT2D eigenvalue weighted by molar-refractivity contribution is 5.72. The van der Waals surface area contributed by atoms with Gasteiger partial charge < -0.3 is 14.4 Å². The van der Waals surface area contributed by atoms with Gasteiger partial charge in [-0.25, -0.2) is 9.79 Å². The number of amides is 1. The molecule has 1 aliphatic heterocycles. The van der Waals surface area contributed by atoms with Gasteiger partial charge in [0, 0.05) is 14.1 Å². The summed E-state index contributed by atoms with van der Waals surface area (Å²) in [7, 11) is 5.28. The number of carbonyl (C=O) groups excluding carboxylic acids is 1. The van der Waals surface area contributed by atoms with E-state index in [-0.39, 0.29) is 6.09 Å². The molecule has 0 unspecified atom stereocenters. The molecule has 0 fully saturated rings. The van der Waals surface area contributed by atoms with E-state index in [2.05, 4.69) is 11.1 Å². The normalized spacial score (nSPS) is 16.5. The van der Waals surface area contributed by atoms with Crippen molar-refractivity contribution in [2.45, 2.75) is 46.6 Å². The third-order valence-electron chi connectivity index (χ3n) is 4.22. The molecule has 0 radical (unpaired) electrons. The largest absolute Gasteiger partial charge is 0.489 e. The van der Waals surface area contributed by atoms with Gasteiger partial charge in [-0.1, -0.05) is 13.0 Å². The molecule has 31 heavy (non-hydrogen) atoms. The van der Waals surface area contributed by atoms with Gasteiger partial charge in [-0.2, -0.15) is 9.84 Å². The number of allylic oxidation sites excluding steroid dienone is 3. The Balaban J connectivity index is 3.30. The summed E-state index contributed by atoms with van der Waals surface area (Å²) in [4.78, 5) is 20.2. The van der Waals surface area contributed by atoms with Crippen LogP contribution in [0.3, 0.4) is 0 Å². The maximum absolute atomic E-state index is 12.4. The zero-order chi connectivity index (χ0) is 23.6. The highest BCUT2D eigenvalue weighted by Crippen LogP contribution is 2.24. The lowest BCUT2D eigenvalue weighted by molar-refractivity contribution is -0.477. The summed E-state index contributed by atoms with van der Waals surface area (Å²) >= 11 is 0. The summed E-state index contributed by atoms with van der Waals surface area (Å²) in [5.74, 6) is 0.454.